The molecule has 1 aliphatic rings. The molecule has 1 heterocycles. The molecule has 25 heavy (non-hydrogen) atoms. The number of hydrogen-bond acceptors (Lipinski definition) is 3. The van der Waals surface area contributed by atoms with Crippen LogP contribution >= 0.6 is 0 Å². The van der Waals surface area contributed by atoms with Gasteiger partial charge in [0.15, 0.2) is 0 Å². The van der Waals surface area contributed by atoms with Gasteiger partial charge in [-0.1, -0.05) is 42.5 Å². The topological polar surface area (TPSA) is 57.6 Å². The average Bonchev–Trinajstić information content (AvgIpc) is 2.62. The van der Waals surface area contributed by atoms with Crippen LogP contribution in [0.15, 0.2) is 77.7 Å². The molecule has 5 heteroatoms. The Morgan fingerprint density at radius 1 is 0.840 bits per heavy atom. The maximum Gasteiger partial charge on any atom is 0.264 e. The van der Waals surface area contributed by atoms with Gasteiger partial charge in [-0.2, -0.15) is 0 Å². The van der Waals surface area contributed by atoms with Crippen LogP contribution in [-0.2, 0) is 10.0 Å². The molecule has 0 fully saturated rings. The number of fused-ring (bicyclic) bond motifs is 3. The summed E-state index contributed by atoms with van der Waals surface area (Å²) in [6, 6.07) is 20.7. The molecule has 3 aromatic carbocycles. The van der Waals surface area contributed by atoms with E-state index in [2.05, 4.69) is 0 Å². The molecule has 1 atom stereocenters. The lowest BCUT2D eigenvalue weighted by Crippen LogP contribution is -2.36. The summed E-state index contributed by atoms with van der Waals surface area (Å²) in [5.41, 5.74) is 3.60. The SMILES string of the molecule is C[C@H]1c2ccccc2-c2ccccc2N1S(=O)(=O)c1ccc(O)cc1. The number of aromatic hydroxyl groups is 1. The Kier molecular flexibility index (Phi) is 3.54. The van der Waals surface area contributed by atoms with E-state index in [-0.39, 0.29) is 16.7 Å². The summed E-state index contributed by atoms with van der Waals surface area (Å²) in [6.45, 7) is 1.90. The fourth-order valence-electron chi connectivity index (χ4n) is 3.40. The predicted molar refractivity (Wildman–Crippen MR) is 98.1 cm³/mol. The molecular weight excluding hydrogens is 334 g/mol. The summed E-state index contributed by atoms with van der Waals surface area (Å²) in [4.78, 5) is 0.159. The van der Waals surface area contributed by atoms with Gasteiger partial charge in [0, 0.05) is 5.56 Å². The summed E-state index contributed by atoms with van der Waals surface area (Å²) in [6.07, 6.45) is 0. The van der Waals surface area contributed by atoms with Crippen LogP contribution in [0.1, 0.15) is 18.5 Å². The van der Waals surface area contributed by atoms with Crippen LogP contribution in [0.3, 0.4) is 0 Å². The molecule has 0 aliphatic carbocycles. The molecule has 4 rings (SSSR count). The number of phenolic OH excluding ortho intramolecular Hbond substituents is 1. The van der Waals surface area contributed by atoms with Crippen molar-refractivity contribution in [3.63, 3.8) is 0 Å². The predicted octanol–water partition coefficient (Wildman–Crippen LogP) is 4.33. The van der Waals surface area contributed by atoms with E-state index in [1.807, 2.05) is 55.5 Å². The van der Waals surface area contributed by atoms with Gasteiger partial charge in [-0.15, -0.1) is 0 Å². The Labute approximate surface area is 147 Å². The first kappa shape index (κ1) is 15.7. The third-order valence-corrected chi connectivity index (χ3v) is 6.49. The lowest BCUT2D eigenvalue weighted by molar-refractivity contribution is 0.474. The Bertz CT molecular complexity index is 1040. The maximum atomic E-state index is 13.3. The van der Waals surface area contributed by atoms with E-state index in [0.717, 1.165) is 16.7 Å². The highest BCUT2D eigenvalue weighted by molar-refractivity contribution is 7.92. The van der Waals surface area contributed by atoms with Gasteiger partial charge in [-0.3, -0.25) is 4.31 Å². The fourth-order valence-corrected chi connectivity index (χ4v) is 5.06. The molecule has 0 bridgehead atoms. The van der Waals surface area contributed by atoms with Gasteiger partial charge in [0.1, 0.15) is 5.75 Å². The molecule has 126 valence electrons. The van der Waals surface area contributed by atoms with Crippen molar-refractivity contribution in [3.8, 4) is 16.9 Å². The first-order valence-corrected chi connectivity index (χ1v) is 9.46. The number of hydrogen-bond donors (Lipinski definition) is 1. The minimum absolute atomic E-state index is 0.0383. The second-order valence-corrected chi connectivity index (χ2v) is 7.89. The third kappa shape index (κ3) is 2.39. The van der Waals surface area contributed by atoms with E-state index < -0.39 is 10.0 Å². The van der Waals surface area contributed by atoms with E-state index >= 15 is 0 Å². The molecule has 0 saturated carbocycles. The van der Waals surface area contributed by atoms with Crippen molar-refractivity contribution < 1.29 is 13.5 Å². The van der Waals surface area contributed by atoms with Gasteiger partial charge in [-0.05, 0) is 48.4 Å². The molecule has 0 amide bonds. The van der Waals surface area contributed by atoms with E-state index in [4.69, 9.17) is 0 Å². The lowest BCUT2D eigenvalue weighted by Gasteiger charge is -2.37. The standard InChI is InChI=1S/C20H17NO3S/c1-14-17-6-2-3-7-18(17)19-8-4-5-9-20(19)21(14)25(23,24)16-12-10-15(22)11-13-16/h2-14,22H,1H3/t14-/m0/s1. The maximum absolute atomic E-state index is 13.3. The Morgan fingerprint density at radius 2 is 1.44 bits per heavy atom. The molecule has 1 aliphatic heterocycles. The molecule has 0 spiro atoms. The van der Waals surface area contributed by atoms with Crippen molar-refractivity contribution in [2.45, 2.75) is 17.9 Å². The van der Waals surface area contributed by atoms with Crippen molar-refractivity contribution in [2.24, 2.45) is 0 Å². The monoisotopic (exact) mass is 351 g/mol. The molecule has 1 N–H and O–H groups in total. The van der Waals surface area contributed by atoms with Gasteiger partial charge in [0.05, 0.1) is 16.6 Å². The van der Waals surface area contributed by atoms with Crippen LogP contribution in [0.4, 0.5) is 5.69 Å². The summed E-state index contributed by atoms with van der Waals surface area (Å²) in [5.74, 6) is 0.0383. The number of benzene rings is 3. The Morgan fingerprint density at radius 3 is 2.16 bits per heavy atom. The van der Waals surface area contributed by atoms with Crippen LogP contribution in [-0.4, -0.2) is 13.5 Å². The van der Waals surface area contributed by atoms with Gasteiger partial charge in [0.25, 0.3) is 10.0 Å². The molecule has 3 aromatic rings. The molecule has 0 unspecified atom stereocenters. The van der Waals surface area contributed by atoms with Gasteiger partial charge >= 0.3 is 0 Å². The molecular formula is C20H17NO3S. The fraction of sp³-hybridized carbons (Fsp3) is 0.100. The van der Waals surface area contributed by atoms with Crippen LogP contribution in [0, 0.1) is 0 Å². The highest BCUT2D eigenvalue weighted by atomic mass is 32.2. The average molecular weight is 351 g/mol. The zero-order valence-electron chi connectivity index (χ0n) is 13.6. The first-order chi connectivity index (χ1) is 12.0. The van der Waals surface area contributed by atoms with Gasteiger partial charge < -0.3 is 5.11 Å². The summed E-state index contributed by atoms with van der Waals surface area (Å²) >= 11 is 0. The van der Waals surface area contributed by atoms with Crippen LogP contribution in [0.5, 0.6) is 5.75 Å². The van der Waals surface area contributed by atoms with Crippen molar-refractivity contribution >= 4 is 15.7 Å². The van der Waals surface area contributed by atoms with E-state index in [9.17, 15) is 13.5 Å². The Balaban J connectivity index is 1.95. The second-order valence-electron chi connectivity index (χ2n) is 6.08. The summed E-state index contributed by atoms with van der Waals surface area (Å²) in [7, 11) is -3.76. The van der Waals surface area contributed by atoms with Crippen molar-refractivity contribution in [3.05, 3.63) is 78.4 Å². The lowest BCUT2D eigenvalue weighted by atomic mass is 9.90. The smallest absolute Gasteiger partial charge is 0.264 e. The molecule has 0 aromatic heterocycles. The second kappa shape index (κ2) is 5.63. The van der Waals surface area contributed by atoms with Crippen LogP contribution in [0.2, 0.25) is 0 Å². The van der Waals surface area contributed by atoms with Gasteiger partial charge in [0.2, 0.25) is 0 Å². The van der Waals surface area contributed by atoms with E-state index in [1.54, 1.807) is 0 Å². The summed E-state index contributed by atoms with van der Waals surface area (Å²) < 4.78 is 28.1. The largest absolute Gasteiger partial charge is 0.508 e. The highest BCUT2D eigenvalue weighted by Gasteiger charge is 2.36. The molecule has 0 radical (unpaired) electrons. The van der Waals surface area contributed by atoms with Crippen LogP contribution in [0.25, 0.3) is 11.1 Å². The zero-order chi connectivity index (χ0) is 17.6. The van der Waals surface area contributed by atoms with Gasteiger partial charge in [-0.25, -0.2) is 8.42 Å². The Hall–Kier alpha value is -2.79. The number of para-hydroxylation sites is 1. The minimum Gasteiger partial charge on any atom is -0.508 e. The van der Waals surface area contributed by atoms with Crippen molar-refractivity contribution in [1.82, 2.24) is 0 Å². The molecule has 4 nitrogen and oxygen atoms in total. The number of phenols is 1. The number of nitrogens with zero attached hydrogens (tertiary/aromatic N) is 1. The van der Waals surface area contributed by atoms with E-state index in [0.29, 0.717) is 5.69 Å². The summed E-state index contributed by atoms with van der Waals surface area (Å²) in [5, 5.41) is 9.46. The van der Waals surface area contributed by atoms with Crippen molar-refractivity contribution in [2.75, 3.05) is 4.31 Å². The highest BCUT2D eigenvalue weighted by Crippen LogP contribution is 2.46. The minimum atomic E-state index is -3.76. The van der Waals surface area contributed by atoms with Crippen LogP contribution < -0.4 is 4.31 Å². The van der Waals surface area contributed by atoms with Crippen molar-refractivity contribution in [1.29, 1.82) is 0 Å². The number of rotatable bonds is 2. The number of sulfonamides is 1. The zero-order valence-corrected chi connectivity index (χ0v) is 14.4. The quantitative estimate of drug-likeness (QED) is 0.748. The normalized spacial score (nSPS) is 16.2. The van der Waals surface area contributed by atoms with E-state index in [1.165, 1.54) is 28.6 Å². The number of anilines is 1. The molecule has 0 saturated heterocycles. The third-order valence-electron chi connectivity index (χ3n) is 4.59. The first-order valence-electron chi connectivity index (χ1n) is 8.02.